The van der Waals surface area contributed by atoms with Crippen molar-refractivity contribution < 1.29 is 23.7 Å². The third-order valence-electron chi connectivity index (χ3n) is 10.7. The van der Waals surface area contributed by atoms with Gasteiger partial charge in [-0.05, 0) is 68.8 Å². The summed E-state index contributed by atoms with van der Waals surface area (Å²) in [5.41, 5.74) is 7.90. The molecule has 1 N–H and O–H groups in total. The second-order valence-electron chi connectivity index (χ2n) is 15.1. The number of H-pyrrole nitrogens is 1. The molecule has 0 radical (unpaired) electrons. The van der Waals surface area contributed by atoms with Gasteiger partial charge in [0.1, 0.15) is 24.6 Å². The molecule has 8 aromatic rings. The van der Waals surface area contributed by atoms with Gasteiger partial charge in [0.2, 0.25) is 5.69 Å². The quantitative estimate of drug-likeness (QED) is 0.0709. The zero-order valence-corrected chi connectivity index (χ0v) is 35.5. The Morgan fingerprint density at radius 1 is 0.639 bits per heavy atom. The summed E-state index contributed by atoms with van der Waals surface area (Å²) in [6.45, 7) is 5.49. The molecule has 304 valence electrons. The molecule has 0 aliphatic heterocycles. The third-order valence-corrected chi connectivity index (χ3v) is 11.4. The van der Waals surface area contributed by atoms with E-state index in [1.807, 2.05) is 136 Å². The number of nitrogens with one attached hydrogen (secondary N) is 1. The van der Waals surface area contributed by atoms with Crippen LogP contribution in [0.2, 0.25) is 10.0 Å². The van der Waals surface area contributed by atoms with E-state index >= 15 is 0 Å². The van der Waals surface area contributed by atoms with E-state index in [0.717, 1.165) is 56.2 Å². The SMILES string of the molecule is CCC(C)(C)C(=O)OCCOC(=O)c1ccc(-c2[nH]c(-c3ccccc3Cl)[n+](-n3c(-c4ccccc4Cl)nc(-c4ccccc4)c3-c3ccccc3)c2-c2ccccc2)cc1. The topological polar surface area (TPSA) is 90.1 Å². The molecule has 0 unspecified atom stereocenters. The molecule has 0 fully saturated rings. The van der Waals surface area contributed by atoms with Crippen LogP contribution in [0, 0.1) is 5.41 Å². The molecule has 2 heterocycles. The summed E-state index contributed by atoms with van der Waals surface area (Å²) >= 11 is 14.2. The molecule has 0 aliphatic carbocycles. The molecule has 10 heteroatoms. The fourth-order valence-electron chi connectivity index (χ4n) is 7.10. The lowest BCUT2D eigenvalue weighted by atomic mass is 9.91. The molecule has 6 aromatic carbocycles. The number of aromatic nitrogens is 4. The number of benzene rings is 6. The highest BCUT2D eigenvalue weighted by Crippen LogP contribution is 2.41. The van der Waals surface area contributed by atoms with Crippen LogP contribution in [0.15, 0.2) is 164 Å². The highest BCUT2D eigenvalue weighted by molar-refractivity contribution is 6.33. The van der Waals surface area contributed by atoms with E-state index in [9.17, 15) is 9.59 Å². The predicted molar refractivity (Wildman–Crippen MR) is 242 cm³/mol. The van der Waals surface area contributed by atoms with Gasteiger partial charge in [-0.2, -0.15) is 4.68 Å². The summed E-state index contributed by atoms with van der Waals surface area (Å²) in [5, 5.41) is 1.07. The van der Waals surface area contributed by atoms with E-state index in [1.54, 1.807) is 12.1 Å². The summed E-state index contributed by atoms with van der Waals surface area (Å²) < 4.78 is 15.1. The monoisotopic (exact) mass is 845 g/mol. The van der Waals surface area contributed by atoms with Crippen LogP contribution < -0.4 is 4.68 Å². The molecule has 8 nitrogen and oxygen atoms in total. The zero-order chi connectivity index (χ0) is 42.5. The van der Waals surface area contributed by atoms with Crippen molar-refractivity contribution in [1.82, 2.24) is 14.6 Å². The fourth-order valence-corrected chi connectivity index (χ4v) is 7.54. The Morgan fingerprint density at radius 2 is 1.16 bits per heavy atom. The summed E-state index contributed by atoms with van der Waals surface area (Å²) in [7, 11) is 0. The third kappa shape index (κ3) is 8.38. The van der Waals surface area contributed by atoms with Gasteiger partial charge in [-0.15, -0.1) is 4.68 Å². The maximum absolute atomic E-state index is 13.2. The Kier molecular flexibility index (Phi) is 12.0. The van der Waals surface area contributed by atoms with Crippen LogP contribution in [0.3, 0.4) is 0 Å². The van der Waals surface area contributed by atoms with E-state index in [2.05, 4.69) is 50.7 Å². The first-order valence-corrected chi connectivity index (χ1v) is 20.8. The van der Waals surface area contributed by atoms with Crippen LogP contribution >= 0.6 is 23.2 Å². The van der Waals surface area contributed by atoms with Crippen molar-refractivity contribution in [3.63, 3.8) is 0 Å². The first kappa shape index (κ1) is 41.0. The van der Waals surface area contributed by atoms with Gasteiger partial charge in [-0.25, -0.2) is 14.8 Å². The molecule has 0 atom stereocenters. The Morgan fingerprint density at radius 3 is 1.75 bits per heavy atom. The number of aromatic amines is 1. The highest BCUT2D eigenvalue weighted by atomic mass is 35.5. The average molecular weight is 847 g/mol. The zero-order valence-electron chi connectivity index (χ0n) is 33.9. The lowest BCUT2D eigenvalue weighted by Crippen LogP contribution is -2.45. The van der Waals surface area contributed by atoms with Crippen LogP contribution in [0.25, 0.3) is 67.8 Å². The summed E-state index contributed by atoms with van der Waals surface area (Å²) in [4.78, 5) is 34.9. The van der Waals surface area contributed by atoms with E-state index in [4.69, 9.17) is 37.7 Å². The number of carbonyl (C=O) groups excluding carboxylic acids is 2. The first-order chi connectivity index (χ1) is 29.7. The second kappa shape index (κ2) is 17.9. The van der Waals surface area contributed by atoms with Crippen LogP contribution in [0.4, 0.5) is 0 Å². The Bertz CT molecular complexity index is 2820. The maximum atomic E-state index is 13.2. The van der Waals surface area contributed by atoms with Gasteiger partial charge in [-0.1, -0.05) is 145 Å². The lowest BCUT2D eigenvalue weighted by Gasteiger charge is -2.20. The van der Waals surface area contributed by atoms with Crippen LogP contribution in [-0.4, -0.2) is 39.8 Å². The van der Waals surface area contributed by atoms with Crippen molar-refractivity contribution in [3.05, 3.63) is 179 Å². The molecule has 0 aliphatic rings. The van der Waals surface area contributed by atoms with Gasteiger partial charge in [0, 0.05) is 27.8 Å². The van der Waals surface area contributed by atoms with Gasteiger partial charge in [0.05, 0.1) is 26.6 Å². The number of carbonyl (C=O) groups is 2. The highest BCUT2D eigenvalue weighted by Gasteiger charge is 2.36. The standard InChI is InChI=1S/C51H42Cl2N4O4/c1-4-51(2,3)50(59)61-33-32-60-49(58)38-30-28-35(29-31-38)44-46(37-22-12-7-13-23-37)57(48(55-44)40-25-15-17-27-42(40)53)56-45(36-20-10-6-11-21-36)43(34-18-8-5-9-19-34)54-47(56)39-24-14-16-26-41(39)52/h5-31H,4,32-33H2,1-3H3/p+1. The van der Waals surface area contributed by atoms with E-state index in [0.29, 0.717) is 33.7 Å². The Hall–Kier alpha value is -6.74. The van der Waals surface area contributed by atoms with Gasteiger partial charge in [-0.3, -0.25) is 4.79 Å². The molecule has 0 bridgehead atoms. The predicted octanol–water partition coefficient (Wildman–Crippen LogP) is 12.3. The summed E-state index contributed by atoms with van der Waals surface area (Å²) in [6, 6.07) is 53.1. The van der Waals surface area contributed by atoms with Crippen molar-refractivity contribution in [1.29, 1.82) is 0 Å². The normalized spacial score (nSPS) is 11.4. The number of imidazole rings is 2. The molecular weight excluding hydrogens is 803 g/mol. The minimum Gasteiger partial charge on any atom is -0.462 e. The van der Waals surface area contributed by atoms with E-state index in [1.165, 1.54) is 0 Å². The van der Waals surface area contributed by atoms with E-state index in [-0.39, 0.29) is 19.2 Å². The number of nitrogens with zero attached hydrogens (tertiary/aromatic N) is 3. The van der Waals surface area contributed by atoms with Crippen LogP contribution in [0.5, 0.6) is 0 Å². The van der Waals surface area contributed by atoms with Crippen molar-refractivity contribution in [2.45, 2.75) is 27.2 Å². The molecule has 0 saturated carbocycles. The smallest absolute Gasteiger partial charge is 0.338 e. The summed E-state index contributed by atoms with van der Waals surface area (Å²) in [5.74, 6) is 0.422. The largest absolute Gasteiger partial charge is 0.462 e. The van der Waals surface area contributed by atoms with Gasteiger partial charge < -0.3 is 9.47 Å². The molecule has 2 aromatic heterocycles. The number of esters is 2. The molecule has 8 rings (SSSR count). The second-order valence-corrected chi connectivity index (χ2v) is 15.9. The van der Waals surface area contributed by atoms with E-state index < -0.39 is 11.4 Å². The molecule has 0 saturated heterocycles. The first-order valence-electron chi connectivity index (χ1n) is 20.1. The minimum atomic E-state index is -0.610. The van der Waals surface area contributed by atoms with Crippen molar-refractivity contribution in [2.75, 3.05) is 13.2 Å². The van der Waals surface area contributed by atoms with Crippen molar-refractivity contribution in [3.8, 4) is 67.8 Å². The van der Waals surface area contributed by atoms with Crippen molar-refractivity contribution >= 4 is 35.1 Å². The molecule has 0 spiro atoms. The molecule has 61 heavy (non-hydrogen) atoms. The summed E-state index contributed by atoms with van der Waals surface area (Å²) in [6.07, 6.45) is 0.637. The Labute approximate surface area is 365 Å². The maximum Gasteiger partial charge on any atom is 0.338 e. The van der Waals surface area contributed by atoms with Gasteiger partial charge >= 0.3 is 17.8 Å². The molecule has 0 amide bonds. The number of rotatable bonds is 13. The average Bonchev–Trinajstić information content (AvgIpc) is 3.88. The number of ether oxygens (including phenoxy) is 2. The van der Waals surface area contributed by atoms with Crippen LogP contribution in [0.1, 0.15) is 37.6 Å². The lowest BCUT2D eigenvalue weighted by molar-refractivity contribution is -0.702. The van der Waals surface area contributed by atoms with Crippen LogP contribution in [-0.2, 0) is 14.3 Å². The van der Waals surface area contributed by atoms with Gasteiger partial charge in [0.25, 0.3) is 0 Å². The molecular formula is C51H43Cl2N4O4+. The minimum absolute atomic E-state index is 0.0266. The number of hydrogen-bond donors (Lipinski definition) is 1. The Balaban J connectivity index is 1.36. The fraction of sp³-hybridized carbons (Fsp3) is 0.137. The van der Waals surface area contributed by atoms with Gasteiger partial charge in [0.15, 0.2) is 11.5 Å². The number of hydrogen-bond acceptors (Lipinski definition) is 5. The number of halogens is 2. The van der Waals surface area contributed by atoms with Crippen molar-refractivity contribution in [2.24, 2.45) is 5.41 Å².